The first-order valence-corrected chi connectivity index (χ1v) is 13.0. The first kappa shape index (κ1) is 31.5. The molecule has 0 amide bonds. The summed E-state index contributed by atoms with van der Waals surface area (Å²) < 4.78 is 10.9. The number of hydrogen-bond acceptors (Lipinski definition) is 8. The number of aliphatic hydroxyl groups excluding tert-OH is 2. The number of halogens is 1. The molecule has 0 saturated heterocycles. The van der Waals surface area contributed by atoms with Crippen LogP contribution in [0.25, 0.3) is 0 Å². The third-order valence-electron chi connectivity index (χ3n) is 5.40. The van der Waals surface area contributed by atoms with E-state index in [9.17, 15) is 20.1 Å². The monoisotopic (exact) mass is 573 g/mol. The molecule has 1 unspecified atom stereocenters. The number of ether oxygens (including phenoxy) is 2. The fourth-order valence-corrected chi connectivity index (χ4v) is 4.39. The van der Waals surface area contributed by atoms with Gasteiger partial charge in [0.25, 0.3) is 0 Å². The Balaban J connectivity index is 0.00000612. The molecule has 7 nitrogen and oxygen atoms in total. The smallest absolute Gasteiger partial charge is 0.348 e. The molecule has 0 fully saturated rings. The quantitative estimate of drug-likeness (QED) is 0.148. The molecule has 0 radical (unpaired) electrons. The van der Waals surface area contributed by atoms with Crippen molar-refractivity contribution < 1.29 is 29.6 Å². The molecule has 9 heteroatoms. The maximum atomic E-state index is 11.8. The number of esters is 1. The third kappa shape index (κ3) is 12.3. The van der Waals surface area contributed by atoms with Gasteiger partial charge >= 0.3 is 5.97 Å². The topological polar surface area (TPSA) is 108 Å². The molecule has 0 saturated carbocycles. The van der Waals surface area contributed by atoms with E-state index in [1.807, 2.05) is 19.1 Å². The summed E-state index contributed by atoms with van der Waals surface area (Å²) in [6.07, 6.45) is 6.29. The molecule has 1 heterocycles. The third-order valence-corrected chi connectivity index (χ3v) is 6.53. The van der Waals surface area contributed by atoms with Crippen molar-refractivity contribution in [3.8, 4) is 5.75 Å². The van der Waals surface area contributed by atoms with Gasteiger partial charge in [-0.05, 0) is 68.5 Å². The van der Waals surface area contributed by atoms with Gasteiger partial charge in [-0.3, -0.25) is 0 Å². The molecule has 0 aliphatic rings. The van der Waals surface area contributed by atoms with Gasteiger partial charge in [-0.25, -0.2) is 4.79 Å². The molecule has 4 N–H and O–H groups in total. The second-order valence-corrected chi connectivity index (χ2v) is 9.47. The maximum Gasteiger partial charge on any atom is 0.348 e. The molecule has 198 valence electrons. The molecule has 0 aliphatic carbocycles. The van der Waals surface area contributed by atoms with E-state index in [-0.39, 0.29) is 35.3 Å². The van der Waals surface area contributed by atoms with E-state index in [0.717, 1.165) is 64.7 Å². The van der Waals surface area contributed by atoms with E-state index < -0.39 is 6.10 Å². The summed E-state index contributed by atoms with van der Waals surface area (Å²) in [6, 6.07) is 8.64. The summed E-state index contributed by atoms with van der Waals surface area (Å²) in [4.78, 5) is 13.7. The summed E-state index contributed by atoms with van der Waals surface area (Å²) in [5.41, 5.74) is 1.10. The van der Waals surface area contributed by atoms with Gasteiger partial charge in [0.1, 0.15) is 10.6 Å². The lowest BCUT2D eigenvalue weighted by molar-refractivity contribution is 0.0511. The number of rotatable bonds is 18. The SMILES string of the molecule is Br.CCCOC(=O)c1ccc(CCCOCCCCCCNCC(O)c2ccc(O)c(CO)c2)s1. The number of benzene rings is 1. The lowest BCUT2D eigenvalue weighted by Gasteiger charge is -2.14. The van der Waals surface area contributed by atoms with Gasteiger partial charge < -0.3 is 30.1 Å². The number of unbranched alkanes of at least 4 members (excludes halogenated alkanes) is 3. The van der Waals surface area contributed by atoms with E-state index in [1.54, 1.807) is 12.1 Å². The molecule has 1 atom stereocenters. The van der Waals surface area contributed by atoms with Crippen LogP contribution in [0.15, 0.2) is 30.3 Å². The fourth-order valence-electron chi connectivity index (χ4n) is 3.44. The highest BCUT2D eigenvalue weighted by atomic mass is 79.9. The maximum absolute atomic E-state index is 11.8. The second kappa shape index (κ2) is 18.7. The lowest BCUT2D eigenvalue weighted by Crippen LogP contribution is -2.22. The molecular weight excluding hydrogens is 534 g/mol. The zero-order valence-electron chi connectivity index (χ0n) is 20.5. The van der Waals surface area contributed by atoms with Crippen molar-refractivity contribution in [1.82, 2.24) is 5.32 Å². The van der Waals surface area contributed by atoms with E-state index in [0.29, 0.717) is 29.2 Å². The predicted octanol–water partition coefficient (Wildman–Crippen LogP) is 4.92. The highest BCUT2D eigenvalue weighted by Gasteiger charge is 2.11. The summed E-state index contributed by atoms with van der Waals surface area (Å²) in [5, 5.41) is 32.3. The van der Waals surface area contributed by atoms with Crippen LogP contribution < -0.4 is 5.32 Å². The van der Waals surface area contributed by atoms with Crippen LogP contribution in [-0.2, 0) is 22.5 Å². The van der Waals surface area contributed by atoms with Crippen molar-refractivity contribution in [3.05, 3.63) is 51.2 Å². The minimum absolute atomic E-state index is 0. The average Bonchev–Trinajstić information content (AvgIpc) is 3.32. The van der Waals surface area contributed by atoms with E-state index in [2.05, 4.69) is 5.32 Å². The van der Waals surface area contributed by atoms with Gasteiger partial charge in [0.2, 0.25) is 0 Å². The van der Waals surface area contributed by atoms with Gasteiger partial charge in [0.15, 0.2) is 0 Å². The Kier molecular flexibility index (Phi) is 16.9. The van der Waals surface area contributed by atoms with Crippen LogP contribution in [0.5, 0.6) is 5.75 Å². The van der Waals surface area contributed by atoms with Crippen molar-refractivity contribution in [2.24, 2.45) is 0 Å². The van der Waals surface area contributed by atoms with Crippen LogP contribution in [0.2, 0.25) is 0 Å². The average molecular weight is 575 g/mol. The van der Waals surface area contributed by atoms with Gasteiger partial charge in [-0.2, -0.15) is 0 Å². The molecule has 2 rings (SSSR count). The Labute approximate surface area is 223 Å². The van der Waals surface area contributed by atoms with Crippen LogP contribution in [0.4, 0.5) is 0 Å². The van der Waals surface area contributed by atoms with E-state index in [4.69, 9.17) is 9.47 Å². The van der Waals surface area contributed by atoms with Crippen molar-refractivity contribution >= 4 is 34.3 Å². The first-order valence-electron chi connectivity index (χ1n) is 12.2. The zero-order valence-corrected chi connectivity index (χ0v) is 23.1. The number of carbonyl (C=O) groups is 1. The molecule has 2 aromatic rings. The fraction of sp³-hybridized carbons (Fsp3) is 0.577. The lowest BCUT2D eigenvalue weighted by atomic mass is 10.1. The van der Waals surface area contributed by atoms with Crippen molar-refractivity contribution in [2.45, 2.75) is 64.6 Å². The molecule has 35 heavy (non-hydrogen) atoms. The number of phenols is 1. The van der Waals surface area contributed by atoms with Crippen molar-refractivity contribution in [2.75, 3.05) is 32.9 Å². The molecular formula is C26H40BrNO6S. The second-order valence-electron chi connectivity index (χ2n) is 8.30. The predicted molar refractivity (Wildman–Crippen MR) is 145 cm³/mol. The van der Waals surface area contributed by atoms with E-state index >= 15 is 0 Å². The van der Waals surface area contributed by atoms with Gasteiger partial charge in [0, 0.05) is 30.2 Å². The first-order chi connectivity index (χ1) is 16.5. The number of thiophene rings is 1. The van der Waals surface area contributed by atoms with Gasteiger partial charge in [0.05, 0.1) is 19.3 Å². The number of carbonyl (C=O) groups excluding carboxylic acids is 1. The molecule has 0 bridgehead atoms. The van der Waals surface area contributed by atoms with Crippen LogP contribution >= 0.6 is 28.3 Å². The largest absolute Gasteiger partial charge is 0.508 e. The molecule has 0 aliphatic heterocycles. The Morgan fingerprint density at radius 2 is 1.83 bits per heavy atom. The van der Waals surface area contributed by atoms with Crippen LogP contribution in [0.1, 0.15) is 77.2 Å². The Bertz CT molecular complexity index is 847. The van der Waals surface area contributed by atoms with Crippen LogP contribution in [0, 0.1) is 0 Å². The minimum atomic E-state index is -0.671. The van der Waals surface area contributed by atoms with Crippen LogP contribution in [0.3, 0.4) is 0 Å². The number of nitrogens with one attached hydrogen (secondary N) is 1. The minimum Gasteiger partial charge on any atom is -0.508 e. The Morgan fingerprint density at radius 3 is 2.60 bits per heavy atom. The van der Waals surface area contributed by atoms with Crippen molar-refractivity contribution in [3.63, 3.8) is 0 Å². The van der Waals surface area contributed by atoms with Gasteiger partial charge in [-0.15, -0.1) is 28.3 Å². The molecule has 1 aromatic heterocycles. The zero-order chi connectivity index (χ0) is 24.6. The highest BCUT2D eigenvalue weighted by Crippen LogP contribution is 2.22. The van der Waals surface area contributed by atoms with E-state index in [1.165, 1.54) is 22.3 Å². The van der Waals surface area contributed by atoms with Crippen LogP contribution in [-0.4, -0.2) is 54.2 Å². The molecule has 0 spiro atoms. The summed E-state index contributed by atoms with van der Waals surface area (Å²) in [7, 11) is 0. The summed E-state index contributed by atoms with van der Waals surface area (Å²) in [6.45, 7) is 4.95. The van der Waals surface area contributed by atoms with Crippen molar-refractivity contribution in [1.29, 1.82) is 0 Å². The Morgan fingerprint density at radius 1 is 1.06 bits per heavy atom. The number of hydrogen-bond donors (Lipinski definition) is 4. The summed E-state index contributed by atoms with van der Waals surface area (Å²) >= 11 is 1.50. The normalized spacial score (nSPS) is 11.7. The summed E-state index contributed by atoms with van der Waals surface area (Å²) in [5.74, 6) is -0.187. The number of aromatic hydroxyl groups is 1. The number of aliphatic hydroxyl groups is 2. The standard InChI is InChI=1S/C26H39NO6S.BrH/c1-2-14-33-26(31)25-12-10-22(34-25)8-7-16-32-15-6-4-3-5-13-27-18-24(30)20-9-11-23(29)21(17-20)19-28;/h9-12,17,24,27-30H,2-8,13-16,18-19H2,1H3;1H. The highest BCUT2D eigenvalue weighted by molar-refractivity contribution is 8.93. The number of aryl methyl sites for hydroxylation is 1. The Hall–Kier alpha value is -1.49. The van der Waals surface area contributed by atoms with Gasteiger partial charge in [-0.1, -0.05) is 25.8 Å². The molecule has 1 aromatic carbocycles.